The number of ether oxygens (including phenoxy) is 4. The van der Waals surface area contributed by atoms with Crippen LogP contribution in [-0.2, 0) is 23.7 Å². The molecule has 0 aromatic heterocycles. The first-order valence-electron chi connectivity index (χ1n) is 25.0. The Morgan fingerprint density at radius 1 is 0.532 bits per heavy atom. The quantitative estimate of drug-likeness (QED) is 0.0269. The van der Waals surface area contributed by atoms with Crippen molar-refractivity contribution in [3.05, 3.63) is 72.9 Å². The fraction of sp³-hybridized carbons (Fsp3) is 0.755. The molecular formula is C53H92O9. The van der Waals surface area contributed by atoms with E-state index in [9.17, 15) is 25.2 Å². The topological polar surface area (TPSA) is 135 Å². The van der Waals surface area contributed by atoms with Gasteiger partial charge < -0.3 is 39.4 Å². The summed E-state index contributed by atoms with van der Waals surface area (Å²) in [5.41, 5.74) is 0. The Balaban J connectivity index is 2.25. The minimum atomic E-state index is -1.54. The number of esters is 1. The molecule has 1 aliphatic heterocycles. The molecule has 1 heterocycles. The van der Waals surface area contributed by atoms with Crippen LogP contribution in [0.1, 0.15) is 194 Å². The lowest BCUT2D eigenvalue weighted by molar-refractivity contribution is -0.305. The van der Waals surface area contributed by atoms with E-state index in [1.54, 1.807) is 0 Å². The molecule has 62 heavy (non-hydrogen) atoms. The maximum absolute atomic E-state index is 12.8. The molecule has 0 aromatic rings. The van der Waals surface area contributed by atoms with Gasteiger partial charge in [0.15, 0.2) is 6.29 Å². The van der Waals surface area contributed by atoms with Gasteiger partial charge in [-0.25, -0.2) is 0 Å². The molecule has 0 spiro atoms. The highest BCUT2D eigenvalue weighted by atomic mass is 16.7. The zero-order valence-corrected chi connectivity index (χ0v) is 39.3. The summed E-state index contributed by atoms with van der Waals surface area (Å²) in [5, 5.41) is 40.2. The van der Waals surface area contributed by atoms with Crippen LogP contribution < -0.4 is 0 Å². The molecule has 0 bridgehead atoms. The number of rotatable bonds is 42. The Hall–Kier alpha value is -2.37. The predicted octanol–water partition coefficient (Wildman–Crippen LogP) is 12.0. The van der Waals surface area contributed by atoms with Gasteiger partial charge >= 0.3 is 5.97 Å². The highest BCUT2D eigenvalue weighted by molar-refractivity contribution is 5.69. The summed E-state index contributed by atoms with van der Waals surface area (Å²) < 4.78 is 22.9. The van der Waals surface area contributed by atoms with Crippen LogP contribution in [0.2, 0.25) is 0 Å². The number of hydrogen-bond donors (Lipinski definition) is 4. The van der Waals surface area contributed by atoms with Crippen LogP contribution in [0.15, 0.2) is 72.9 Å². The van der Waals surface area contributed by atoms with Gasteiger partial charge in [0, 0.05) is 13.0 Å². The normalized spacial score (nSPS) is 20.4. The molecule has 1 fully saturated rings. The largest absolute Gasteiger partial charge is 0.457 e. The van der Waals surface area contributed by atoms with Crippen molar-refractivity contribution in [1.82, 2.24) is 0 Å². The van der Waals surface area contributed by atoms with Crippen LogP contribution in [0.3, 0.4) is 0 Å². The fourth-order valence-corrected chi connectivity index (χ4v) is 7.22. The lowest BCUT2D eigenvalue weighted by atomic mass is 9.99. The molecule has 0 amide bonds. The van der Waals surface area contributed by atoms with Gasteiger partial charge in [-0.2, -0.15) is 0 Å². The second-order valence-corrected chi connectivity index (χ2v) is 16.9. The van der Waals surface area contributed by atoms with Crippen LogP contribution in [0, 0.1) is 0 Å². The summed E-state index contributed by atoms with van der Waals surface area (Å²) in [4.78, 5) is 12.8. The minimum absolute atomic E-state index is 0.126. The monoisotopic (exact) mass is 873 g/mol. The minimum Gasteiger partial charge on any atom is -0.457 e. The van der Waals surface area contributed by atoms with Crippen molar-refractivity contribution < 1.29 is 44.2 Å². The van der Waals surface area contributed by atoms with Crippen molar-refractivity contribution in [1.29, 1.82) is 0 Å². The third kappa shape index (κ3) is 34.1. The molecule has 1 saturated heterocycles. The average molecular weight is 873 g/mol. The molecule has 0 aromatic carbocycles. The molecular weight excluding hydrogens is 781 g/mol. The van der Waals surface area contributed by atoms with Gasteiger partial charge in [-0.05, 0) is 83.5 Å². The maximum Gasteiger partial charge on any atom is 0.306 e. The van der Waals surface area contributed by atoms with Gasteiger partial charge in [0.2, 0.25) is 0 Å². The van der Waals surface area contributed by atoms with Crippen molar-refractivity contribution in [2.45, 2.75) is 230 Å². The highest BCUT2D eigenvalue weighted by Crippen LogP contribution is 2.22. The predicted molar refractivity (Wildman–Crippen MR) is 256 cm³/mol. The molecule has 9 heteroatoms. The van der Waals surface area contributed by atoms with E-state index < -0.39 is 43.4 Å². The van der Waals surface area contributed by atoms with E-state index in [1.165, 1.54) is 89.9 Å². The summed E-state index contributed by atoms with van der Waals surface area (Å²) in [5.74, 6) is -0.334. The molecule has 6 atom stereocenters. The molecule has 0 radical (unpaired) electrons. The number of carbonyl (C=O) groups is 1. The summed E-state index contributed by atoms with van der Waals surface area (Å²) in [6.07, 6.45) is 50.7. The second kappa shape index (κ2) is 43.9. The number of aliphatic hydroxyl groups is 4. The number of hydrogen-bond acceptors (Lipinski definition) is 9. The van der Waals surface area contributed by atoms with Crippen molar-refractivity contribution in [2.24, 2.45) is 0 Å². The van der Waals surface area contributed by atoms with E-state index in [2.05, 4.69) is 86.8 Å². The SMILES string of the molecule is CC/C=C\C/C=C\C/C=C\C/C=C\C/C=C\CCCCCCCC(=O)OC(COCCCCCCCCCC/C=C\CCCCCCCC)COC1OC(CO)C(O)C(O)C1O. The molecule has 4 N–H and O–H groups in total. The lowest BCUT2D eigenvalue weighted by Crippen LogP contribution is -2.59. The van der Waals surface area contributed by atoms with Crippen molar-refractivity contribution in [3.8, 4) is 0 Å². The molecule has 358 valence electrons. The second-order valence-electron chi connectivity index (χ2n) is 16.9. The maximum atomic E-state index is 12.8. The third-order valence-electron chi connectivity index (χ3n) is 11.1. The van der Waals surface area contributed by atoms with Crippen molar-refractivity contribution >= 4 is 5.97 Å². The standard InChI is InChI=1S/C53H92O9/c1-3-5-7-9-11-13-15-17-19-21-23-24-25-26-28-30-32-34-36-38-40-42-49(55)61-47(46-60-53-52(58)51(57)50(56)48(44-54)62-53)45-59-43-41-39-37-35-33-31-29-27-22-20-18-16-14-12-10-8-6-4-2/h5,7,11,13,17-20,23-24,26,28,47-48,50-54,56-58H,3-4,6,8-10,12,14-16,21-22,25,27,29-46H2,1-2H3/b7-5-,13-11-,19-17-,20-18-,24-23-,28-26-. The Morgan fingerprint density at radius 2 is 0.984 bits per heavy atom. The van der Waals surface area contributed by atoms with Crippen LogP contribution in [0.4, 0.5) is 0 Å². The van der Waals surface area contributed by atoms with Crippen molar-refractivity contribution in [2.75, 3.05) is 26.4 Å². The number of carbonyl (C=O) groups excluding carboxylic acids is 1. The van der Waals surface area contributed by atoms with Gasteiger partial charge in [0.25, 0.3) is 0 Å². The molecule has 6 unspecified atom stereocenters. The molecule has 1 rings (SSSR count). The summed E-state index contributed by atoms with van der Waals surface area (Å²) in [7, 11) is 0. The number of allylic oxidation sites excluding steroid dienone is 12. The first kappa shape index (κ1) is 57.6. The van der Waals surface area contributed by atoms with Crippen LogP contribution >= 0.6 is 0 Å². The molecule has 0 aliphatic carbocycles. The first-order chi connectivity index (χ1) is 30.4. The summed E-state index contributed by atoms with van der Waals surface area (Å²) in [6, 6.07) is 0. The van der Waals surface area contributed by atoms with Gasteiger partial charge in [0.1, 0.15) is 30.5 Å². The highest BCUT2D eigenvalue weighted by Gasteiger charge is 2.44. The van der Waals surface area contributed by atoms with Gasteiger partial charge in [-0.3, -0.25) is 4.79 Å². The summed E-state index contributed by atoms with van der Waals surface area (Å²) in [6.45, 7) is 4.41. The molecule has 9 nitrogen and oxygen atoms in total. The Kier molecular flexibility index (Phi) is 40.8. The van der Waals surface area contributed by atoms with Gasteiger partial charge in [0.05, 0.1) is 19.8 Å². The Morgan fingerprint density at radius 3 is 1.50 bits per heavy atom. The lowest BCUT2D eigenvalue weighted by Gasteiger charge is -2.39. The van der Waals surface area contributed by atoms with E-state index in [-0.39, 0.29) is 19.2 Å². The van der Waals surface area contributed by atoms with Gasteiger partial charge in [-0.1, -0.05) is 177 Å². The zero-order chi connectivity index (χ0) is 45.0. The van der Waals surface area contributed by atoms with E-state index >= 15 is 0 Å². The average Bonchev–Trinajstić information content (AvgIpc) is 3.27. The molecule has 0 saturated carbocycles. The van der Waals surface area contributed by atoms with E-state index in [0.29, 0.717) is 13.0 Å². The van der Waals surface area contributed by atoms with Crippen LogP contribution in [0.25, 0.3) is 0 Å². The smallest absolute Gasteiger partial charge is 0.306 e. The fourth-order valence-electron chi connectivity index (χ4n) is 7.22. The van der Waals surface area contributed by atoms with Gasteiger partial charge in [-0.15, -0.1) is 0 Å². The Labute approximate surface area is 378 Å². The van der Waals surface area contributed by atoms with Crippen LogP contribution in [0.5, 0.6) is 0 Å². The van der Waals surface area contributed by atoms with E-state index in [0.717, 1.165) is 83.5 Å². The van der Waals surface area contributed by atoms with E-state index in [4.69, 9.17) is 18.9 Å². The number of unbranched alkanes of at least 4 members (excludes halogenated alkanes) is 19. The Bertz CT molecular complexity index is 1180. The number of aliphatic hydroxyl groups excluding tert-OH is 4. The third-order valence-corrected chi connectivity index (χ3v) is 11.1. The summed E-state index contributed by atoms with van der Waals surface area (Å²) >= 11 is 0. The van der Waals surface area contributed by atoms with Crippen molar-refractivity contribution in [3.63, 3.8) is 0 Å². The van der Waals surface area contributed by atoms with E-state index in [1.807, 2.05) is 0 Å². The van der Waals surface area contributed by atoms with Crippen LogP contribution in [-0.4, -0.2) is 89.6 Å². The molecule has 1 aliphatic rings. The zero-order valence-electron chi connectivity index (χ0n) is 39.3. The first-order valence-corrected chi connectivity index (χ1v) is 25.0.